The van der Waals surface area contributed by atoms with E-state index in [1.165, 1.54) is 6.20 Å². The third-order valence-corrected chi connectivity index (χ3v) is 4.02. The zero-order chi connectivity index (χ0) is 15.9. The number of anilines is 2. The lowest BCUT2D eigenvalue weighted by Gasteiger charge is -2.16. The van der Waals surface area contributed by atoms with Crippen molar-refractivity contribution >= 4 is 50.4 Å². The van der Waals surface area contributed by atoms with Crippen LogP contribution >= 0.6 is 27.5 Å². The van der Waals surface area contributed by atoms with Crippen LogP contribution in [0.15, 0.2) is 40.8 Å². The van der Waals surface area contributed by atoms with Crippen molar-refractivity contribution in [2.24, 2.45) is 0 Å². The Bertz CT molecular complexity index is 809. The summed E-state index contributed by atoms with van der Waals surface area (Å²) in [6.07, 6.45) is 1.43. The summed E-state index contributed by atoms with van der Waals surface area (Å²) < 4.78 is 0.452. The third-order valence-electron chi connectivity index (χ3n) is 3.26. The van der Waals surface area contributed by atoms with Gasteiger partial charge in [0.15, 0.2) is 0 Å². The Labute approximate surface area is 139 Å². The highest BCUT2D eigenvalue weighted by molar-refractivity contribution is 9.10. The summed E-state index contributed by atoms with van der Waals surface area (Å²) in [5.74, 6) is -0.693. The Kier molecular flexibility index (Phi) is 3.76. The Morgan fingerprint density at radius 3 is 2.82 bits per heavy atom. The van der Waals surface area contributed by atoms with Crippen LogP contribution in [-0.2, 0) is 4.79 Å². The molecule has 112 valence electrons. The van der Waals surface area contributed by atoms with Gasteiger partial charge in [-0.05, 0) is 39.7 Å². The van der Waals surface area contributed by atoms with Gasteiger partial charge in [-0.15, -0.1) is 0 Å². The fourth-order valence-corrected chi connectivity index (χ4v) is 2.79. The summed E-state index contributed by atoms with van der Waals surface area (Å²) in [6.45, 7) is 0. The lowest BCUT2D eigenvalue weighted by Crippen LogP contribution is -2.20. The minimum atomic E-state index is -1.11. The second-order valence-electron chi connectivity index (χ2n) is 4.57. The largest absolute Gasteiger partial charge is 0.477 e. The quantitative estimate of drug-likeness (QED) is 0.614. The predicted octanol–water partition coefficient (Wildman–Crippen LogP) is 3.21. The van der Waals surface area contributed by atoms with Crippen molar-refractivity contribution in [2.45, 2.75) is 0 Å². The molecule has 0 aliphatic carbocycles. The smallest absolute Gasteiger partial charge is 0.341 e. The number of carboxylic acids is 1. The molecule has 0 spiro atoms. The summed E-state index contributed by atoms with van der Waals surface area (Å²) in [6, 6.07) is 7.54. The number of halogens is 2. The monoisotopic (exact) mass is 380 g/mol. The maximum absolute atomic E-state index is 11.8. The predicted molar refractivity (Wildman–Crippen MR) is 87.8 cm³/mol. The first-order chi connectivity index (χ1) is 10.5. The van der Waals surface area contributed by atoms with Crippen LogP contribution in [-0.4, -0.2) is 28.1 Å². The van der Waals surface area contributed by atoms with Crippen LogP contribution < -0.4 is 10.2 Å². The van der Waals surface area contributed by atoms with E-state index in [-0.39, 0.29) is 16.6 Å². The minimum absolute atomic E-state index is 0.00914. The molecule has 0 fully saturated rings. The van der Waals surface area contributed by atoms with Gasteiger partial charge in [0.1, 0.15) is 17.1 Å². The number of aliphatic carboxylic acids is 1. The number of para-hydroxylation sites is 2. The average Bonchev–Trinajstić information content (AvgIpc) is 2.80. The maximum atomic E-state index is 11.8. The molecular formula is C14H10BrClN4O2. The first kappa shape index (κ1) is 14.8. The van der Waals surface area contributed by atoms with E-state index in [4.69, 9.17) is 11.6 Å². The van der Waals surface area contributed by atoms with Crippen molar-refractivity contribution in [1.82, 2.24) is 9.97 Å². The molecule has 6 nitrogen and oxygen atoms in total. The molecule has 0 amide bonds. The maximum Gasteiger partial charge on any atom is 0.341 e. The Balaban J connectivity index is 2.21. The van der Waals surface area contributed by atoms with Gasteiger partial charge in [-0.3, -0.25) is 0 Å². The molecule has 0 atom stereocenters. The molecule has 0 radical (unpaired) electrons. The Morgan fingerprint density at radius 2 is 2.14 bits per heavy atom. The number of nitrogens with one attached hydrogen (secondary N) is 1. The normalized spacial score (nSPS) is 15.3. The summed E-state index contributed by atoms with van der Waals surface area (Å²) in [5, 5.41) is 12.7. The lowest BCUT2D eigenvalue weighted by atomic mass is 10.1. The number of hydrogen-bond donors (Lipinski definition) is 2. The molecule has 1 aliphatic heterocycles. The summed E-state index contributed by atoms with van der Waals surface area (Å²) in [5.41, 5.74) is 1.94. The van der Waals surface area contributed by atoms with Gasteiger partial charge < -0.3 is 15.3 Å². The zero-order valence-corrected chi connectivity index (χ0v) is 13.7. The van der Waals surface area contributed by atoms with Crippen molar-refractivity contribution in [3.8, 4) is 0 Å². The van der Waals surface area contributed by atoms with Gasteiger partial charge in [-0.2, -0.15) is 0 Å². The van der Waals surface area contributed by atoms with E-state index in [1.807, 2.05) is 24.3 Å². The van der Waals surface area contributed by atoms with E-state index in [0.29, 0.717) is 10.3 Å². The van der Waals surface area contributed by atoms with E-state index in [9.17, 15) is 9.90 Å². The number of hydrogen-bond acceptors (Lipinski definition) is 5. The number of carbonyl (C=O) groups is 1. The summed E-state index contributed by atoms with van der Waals surface area (Å²) >= 11 is 9.08. The zero-order valence-electron chi connectivity index (χ0n) is 11.3. The molecule has 2 N–H and O–H groups in total. The van der Waals surface area contributed by atoms with Crippen LogP contribution in [0.1, 0.15) is 5.69 Å². The summed E-state index contributed by atoms with van der Waals surface area (Å²) in [4.78, 5) is 21.4. The fourth-order valence-electron chi connectivity index (χ4n) is 2.27. The molecule has 1 aliphatic rings. The van der Waals surface area contributed by atoms with E-state index in [0.717, 1.165) is 11.4 Å². The van der Waals surface area contributed by atoms with Crippen molar-refractivity contribution in [2.75, 3.05) is 17.3 Å². The Morgan fingerprint density at radius 1 is 1.41 bits per heavy atom. The number of nitrogens with zero attached hydrogens (tertiary/aromatic N) is 3. The van der Waals surface area contributed by atoms with Crippen LogP contribution in [0.25, 0.3) is 5.57 Å². The number of aromatic nitrogens is 2. The van der Waals surface area contributed by atoms with Crippen molar-refractivity contribution in [3.63, 3.8) is 0 Å². The van der Waals surface area contributed by atoms with Crippen molar-refractivity contribution in [3.05, 3.63) is 51.7 Å². The number of rotatable bonds is 2. The first-order valence-electron chi connectivity index (χ1n) is 6.25. The van der Waals surface area contributed by atoms with E-state index in [2.05, 4.69) is 31.2 Å². The molecule has 0 unspecified atom stereocenters. The van der Waals surface area contributed by atoms with Crippen LogP contribution in [0, 0.1) is 0 Å². The number of carboxylic acid groups (broad SMARTS) is 1. The van der Waals surface area contributed by atoms with Gasteiger partial charge in [0.25, 0.3) is 0 Å². The molecule has 2 aromatic rings. The van der Waals surface area contributed by atoms with Crippen LogP contribution in [0.5, 0.6) is 0 Å². The molecule has 1 aromatic carbocycles. The number of benzene rings is 1. The SMILES string of the molecule is CN1/C(=C(\C(=O)O)c2nc(Cl)ncc2Br)Nc2ccccc21. The highest BCUT2D eigenvalue weighted by Crippen LogP contribution is 2.38. The van der Waals surface area contributed by atoms with Gasteiger partial charge in [-0.1, -0.05) is 12.1 Å². The third kappa shape index (κ3) is 2.42. The molecule has 0 bridgehead atoms. The molecule has 22 heavy (non-hydrogen) atoms. The molecule has 3 rings (SSSR count). The highest BCUT2D eigenvalue weighted by Gasteiger charge is 2.29. The topological polar surface area (TPSA) is 78.4 Å². The number of fused-ring (bicyclic) bond motifs is 1. The van der Waals surface area contributed by atoms with Gasteiger partial charge >= 0.3 is 5.97 Å². The van der Waals surface area contributed by atoms with Crippen LogP contribution in [0.4, 0.5) is 11.4 Å². The van der Waals surface area contributed by atoms with Crippen molar-refractivity contribution < 1.29 is 9.90 Å². The second-order valence-corrected chi connectivity index (χ2v) is 5.76. The highest BCUT2D eigenvalue weighted by atomic mass is 79.9. The molecule has 0 saturated heterocycles. The van der Waals surface area contributed by atoms with Crippen molar-refractivity contribution in [1.29, 1.82) is 0 Å². The molecular weight excluding hydrogens is 372 g/mol. The standard InChI is InChI=1S/C14H10BrClN4O2/c1-20-9-5-3-2-4-8(9)18-12(20)10(13(21)22)11-7(15)6-17-14(16)19-11/h2-6,18H,1H3,(H,21,22)/b12-10-. The van der Waals surface area contributed by atoms with E-state index < -0.39 is 5.97 Å². The van der Waals surface area contributed by atoms with Gasteiger partial charge in [0, 0.05) is 13.2 Å². The fraction of sp³-hybridized carbons (Fsp3) is 0.0714. The van der Waals surface area contributed by atoms with Crippen LogP contribution in [0.3, 0.4) is 0 Å². The van der Waals surface area contributed by atoms with Gasteiger partial charge in [0.2, 0.25) is 5.28 Å². The van der Waals surface area contributed by atoms with Gasteiger partial charge in [-0.25, -0.2) is 14.8 Å². The molecule has 2 heterocycles. The molecule has 1 aromatic heterocycles. The minimum Gasteiger partial charge on any atom is -0.477 e. The van der Waals surface area contributed by atoms with E-state index in [1.54, 1.807) is 11.9 Å². The average molecular weight is 382 g/mol. The first-order valence-corrected chi connectivity index (χ1v) is 7.42. The molecule has 0 saturated carbocycles. The Hall–Kier alpha value is -2.12. The second kappa shape index (κ2) is 5.58. The summed E-state index contributed by atoms with van der Waals surface area (Å²) in [7, 11) is 1.79. The molecule has 8 heteroatoms. The lowest BCUT2D eigenvalue weighted by molar-refractivity contribution is -0.130. The van der Waals surface area contributed by atoms with Crippen LogP contribution in [0.2, 0.25) is 5.28 Å². The van der Waals surface area contributed by atoms with E-state index >= 15 is 0 Å². The van der Waals surface area contributed by atoms with Gasteiger partial charge in [0.05, 0.1) is 15.8 Å².